The van der Waals surface area contributed by atoms with Crippen molar-refractivity contribution in [3.8, 4) is 11.4 Å². The van der Waals surface area contributed by atoms with Crippen LogP contribution in [0.15, 0.2) is 58.4 Å². The fourth-order valence-electron chi connectivity index (χ4n) is 4.11. The molecular weight excluding hydrogens is 424 g/mol. The molecule has 2 aromatic heterocycles. The molecule has 160 valence electrons. The number of thiophene rings is 1. The van der Waals surface area contributed by atoms with Crippen molar-refractivity contribution in [3.63, 3.8) is 0 Å². The quantitative estimate of drug-likeness (QED) is 0.249. The van der Waals surface area contributed by atoms with Gasteiger partial charge < -0.3 is 0 Å². The van der Waals surface area contributed by atoms with E-state index < -0.39 is 4.92 Å². The largest absolute Gasteiger partial charge is 0.283 e. The summed E-state index contributed by atoms with van der Waals surface area (Å²) in [5.74, 6) is 0.498. The molecule has 0 saturated carbocycles. The predicted octanol–water partition coefficient (Wildman–Crippen LogP) is 5.10. The predicted molar refractivity (Wildman–Crippen MR) is 127 cm³/mol. The van der Waals surface area contributed by atoms with Crippen molar-refractivity contribution in [2.24, 2.45) is 5.10 Å². The Morgan fingerprint density at radius 3 is 2.62 bits per heavy atom. The Bertz CT molecular complexity index is 1430. The Kier molecular flexibility index (Phi) is 5.14. The van der Waals surface area contributed by atoms with Crippen molar-refractivity contribution in [2.45, 2.75) is 32.6 Å². The highest BCUT2D eigenvalue weighted by Gasteiger charge is 2.23. The van der Waals surface area contributed by atoms with Crippen LogP contribution in [0.25, 0.3) is 21.6 Å². The van der Waals surface area contributed by atoms with Crippen molar-refractivity contribution in [3.05, 3.63) is 90.6 Å². The highest BCUT2D eigenvalue weighted by molar-refractivity contribution is 7.18. The van der Waals surface area contributed by atoms with E-state index in [2.05, 4.69) is 5.10 Å². The summed E-state index contributed by atoms with van der Waals surface area (Å²) in [5, 5.41) is 16.1. The standard InChI is InChI=1S/C24H20N4O3S/c1-15-6-2-3-7-18(15)22-26-23-21(19-8-4-5-9-20(19)32-23)24(29)27(22)25-14-16-10-12-17(13-11-16)28(30)31/h2-3,6-7,10-14H,4-5,8-9H2,1H3. The Morgan fingerprint density at radius 2 is 1.88 bits per heavy atom. The molecule has 0 atom stereocenters. The maximum Gasteiger partial charge on any atom is 0.283 e. The highest BCUT2D eigenvalue weighted by atomic mass is 32.1. The van der Waals surface area contributed by atoms with E-state index in [0.717, 1.165) is 47.2 Å². The summed E-state index contributed by atoms with van der Waals surface area (Å²) >= 11 is 1.62. The molecule has 1 aliphatic carbocycles. The van der Waals surface area contributed by atoms with Crippen LogP contribution in [0, 0.1) is 17.0 Å². The summed E-state index contributed by atoms with van der Waals surface area (Å²) in [6, 6.07) is 13.8. The molecule has 0 saturated heterocycles. The molecule has 8 heteroatoms. The molecule has 7 nitrogen and oxygen atoms in total. The van der Waals surface area contributed by atoms with E-state index >= 15 is 0 Å². The zero-order chi connectivity index (χ0) is 22.2. The second-order valence-corrected chi connectivity index (χ2v) is 8.94. The molecular formula is C24H20N4O3S. The lowest BCUT2D eigenvalue weighted by atomic mass is 9.97. The second-order valence-electron chi connectivity index (χ2n) is 7.85. The molecule has 1 aliphatic rings. The third-order valence-corrected chi connectivity index (χ3v) is 6.96. The molecule has 5 rings (SSSR count). The SMILES string of the molecule is Cc1ccccc1-c1nc2sc3c(c2c(=O)n1N=Cc1ccc([N+](=O)[O-])cc1)CCCC3. The number of aryl methyl sites for hydroxylation is 3. The summed E-state index contributed by atoms with van der Waals surface area (Å²) in [7, 11) is 0. The van der Waals surface area contributed by atoms with E-state index in [1.165, 1.54) is 21.7 Å². The van der Waals surface area contributed by atoms with Crippen LogP contribution in [-0.2, 0) is 12.8 Å². The number of nitro groups is 1. The number of aromatic nitrogens is 2. The Balaban J connectivity index is 1.71. The molecule has 32 heavy (non-hydrogen) atoms. The van der Waals surface area contributed by atoms with Gasteiger partial charge in [-0.05, 0) is 61.4 Å². The monoisotopic (exact) mass is 444 g/mol. The van der Waals surface area contributed by atoms with Crippen LogP contribution >= 0.6 is 11.3 Å². The summed E-state index contributed by atoms with van der Waals surface area (Å²) in [6.07, 6.45) is 5.63. The number of nitro benzene ring substituents is 1. The van der Waals surface area contributed by atoms with Crippen molar-refractivity contribution < 1.29 is 4.92 Å². The van der Waals surface area contributed by atoms with Gasteiger partial charge in [0.1, 0.15) is 4.83 Å². The number of hydrogen-bond donors (Lipinski definition) is 0. The van der Waals surface area contributed by atoms with E-state index in [9.17, 15) is 14.9 Å². The van der Waals surface area contributed by atoms with Gasteiger partial charge in [-0.1, -0.05) is 24.3 Å². The van der Waals surface area contributed by atoms with Crippen LogP contribution in [0.1, 0.15) is 34.4 Å². The van der Waals surface area contributed by atoms with Gasteiger partial charge in [-0.2, -0.15) is 9.78 Å². The number of non-ortho nitro benzene ring substituents is 1. The third-order valence-electron chi connectivity index (χ3n) is 5.78. The molecule has 4 aromatic rings. The molecule has 0 N–H and O–H groups in total. The molecule has 2 aromatic carbocycles. The first-order valence-electron chi connectivity index (χ1n) is 10.4. The molecule has 0 spiro atoms. The van der Waals surface area contributed by atoms with Gasteiger partial charge >= 0.3 is 0 Å². The summed E-state index contributed by atoms with van der Waals surface area (Å²) in [4.78, 5) is 31.0. The maximum atomic E-state index is 13.7. The second kappa shape index (κ2) is 8.12. The van der Waals surface area contributed by atoms with E-state index in [0.29, 0.717) is 16.8 Å². The van der Waals surface area contributed by atoms with Gasteiger partial charge in [0.15, 0.2) is 5.82 Å². The molecule has 2 heterocycles. The van der Waals surface area contributed by atoms with Gasteiger partial charge in [0.05, 0.1) is 16.5 Å². The van der Waals surface area contributed by atoms with Gasteiger partial charge in [-0.3, -0.25) is 14.9 Å². The minimum Gasteiger partial charge on any atom is -0.267 e. The van der Waals surface area contributed by atoms with Crippen LogP contribution in [-0.4, -0.2) is 20.8 Å². The van der Waals surface area contributed by atoms with E-state index in [-0.39, 0.29) is 11.2 Å². The fraction of sp³-hybridized carbons (Fsp3) is 0.208. The lowest BCUT2D eigenvalue weighted by molar-refractivity contribution is -0.384. The number of fused-ring (bicyclic) bond motifs is 3. The van der Waals surface area contributed by atoms with Gasteiger partial charge in [-0.25, -0.2) is 4.98 Å². The molecule has 0 radical (unpaired) electrons. The minimum absolute atomic E-state index is 0.00732. The molecule has 0 unspecified atom stereocenters. The average Bonchev–Trinajstić information content (AvgIpc) is 3.17. The van der Waals surface area contributed by atoms with Crippen molar-refractivity contribution in [1.82, 2.24) is 9.66 Å². The van der Waals surface area contributed by atoms with E-state index in [1.54, 1.807) is 29.7 Å². The van der Waals surface area contributed by atoms with Crippen LogP contribution < -0.4 is 5.56 Å². The summed E-state index contributed by atoms with van der Waals surface area (Å²) < 4.78 is 1.37. The van der Waals surface area contributed by atoms with E-state index in [1.807, 2.05) is 31.2 Å². The number of rotatable bonds is 4. The Labute approximate surface area is 187 Å². The smallest absolute Gasteiger partial charge is 0.267 e. The topological polar surface area (TPSA) is 90.4 Å². The van der Waals surface area contributed by atoms with Crippen LogP contribution in [0.5, 0.6) is 0 Å². The lowest BCUT2D eigenvalue weighted by Gasteiger charge is -2.12. The van der Waals surface area contributed by atoms with Crippen molar-refractivity contribution in [2.75, 3.05) is 0 Å². The minimum atomic E-state index is -0.445. The normalized spacial score (nSPS) is 13.5. The molecule has 0 aliphatic heterocycles. The number of nitrogens with zero attached hydrogens (tertiary/aromatic N) is 4. The first kappa shape index (κ1) is 20.3. The van der Waals surface area contributed by atoms with Gasteiger partial charge in [-0.15, -0.1) is 11.3 Å². The summed E-state index contributed by atoms with van der Waals surface area (Å²) in [6.45, 7) is 1.98. The molecule has 0 amide bonds. The highest BCUT2D eigenvalue weighted by Crippen LogP contribution is 2.35. The lowest BCUT2D eigenvalue weighted by Crippen LogP contribution is -2.21. The number of benzene rings is 2. The first-order chi connectivity index (χ1) is 15.5. The van der Waals surface area contributed by atoms with Crippen LogP contribution in [0.3, 0.4) is 0 Å². The first-order valence-corrected chi connectivity index (χ1v) is 11.3. The zero-order valence-electron chi connectivity index (χ0n) is 17.4. The van der Waals surface area contributed by atoms with Crippen LogP contribution in [0.4, 0.5) is 5.69 Å². The van der Waals surface area contributed by atoms with Crippen molar-refractivity contribution >= 4 is 33.5 Å². The number of hydrogen-bond acceptors (Lipinski definition) is 6. The van der Waals surface area contributed by atoms with Crippen molar-refractivity contribution in [1.29, 1.82) is 0 Å². The Hall–Kier alpha value is -3.65. The summed E-state index contributed by atoms with van der Waals surface area (Å²) in [5.41, 5.74) is 3.45. The molecule has 0 fully saturated rings. The Morgan fingerprint density at radius 1 is 1.12 bits per heavy atom. The van der Waals surface area contributed by atoms with Gasteiger partial charge in [0.25, 0.3) is 11.2 Å². The fourth-order valence-corrected chi connectivity index (χ4v) is 5.36. The van der Waals surface area contributed by atoms with Gasteiger partial charge in [0, 0.05) is 22.6 Å². The zero-order valence-corrected chi connectivity index (χ0v) is 18.3. The molecule has 0 bridgehead atoms. The average molecular weight is 445 g/mol. The van der Waals surface area contributed by atoms with Crippen LogP contribution in [0.2, 0.25) is 0 Å². The van der Waals surface area contributed by atoms with Gasteiger partial charge in [0.2, 0.25) is 0 Å². The third kappa shape index (κ3) is 3.52. The van der Waals surface area contributed by atoms with E-state index in [4.69, 9.17) is 4.98 Å². The maximum absolute atomic E-state index is 13.7.